The van der Waals surface area contributed by atoms with Gasteiger partial charge in [0.15, 0.2) is 5.82 Å². The van der Waals surface area contributed by atoms with Gasteiger partial charge in [0.1, 0.15) is 5.52 Å². The number of carboxylic acid groups (broad SMARTS) is 1. The Morgan fingerprint density at radius 1 is 1.04 bits per heavy atom. The summed E-state index contributed by atoms with van der Waals surface area (Å²) in [5.74, 6) is 0.0326. The van der Waals surface area contributed by atoms with Gasteiger partial charge in [-0.05, 0) is 24.3 Å². The van der Waals surface area contributed by atoms with E-state index in [9.17, 15) is 9.90 Å². The maximum atomic E-state index is 11.3. The van der Waals surface area contributed by atoms with Crippen LogP contribution in [0.2, 0.25) is 0 Å². The highest BCUT2D eigenvalue weighted by molar-refractivity contribution is 6.10. The van der Waals surface area contributed by atoms with Crippen molar-refractivity contribution in [2.24, 2.45) is 0 Å². The van der Waals surface area contributed by atoms with Crippen molar-refractivity contribution in [1.29, 1.82) is 0 Å². The van der Waals surface area contributed by atoms with Gasteiger partial charge in [-0.3, -0.25) is 0 Å². The number of para-hydroxylation sites is 1. The van der Waals surface area contributed by atoms with Crippen LogP contribution in [0.15, 0.2) is 54.7 Å². The van der Waals surface area contributed by atoms with Gasteiger partial charge >= 0.3 is 5.97 Å². The van der Waals surface area contributed by atoms with Crippen LogP contribution in [-0.4, -0.2) is 33.1 Å². The van der Waals surface area contributed by atoms with Crippen LogP contribution < -0.4 is 10.6 Å². The third-order valence-corrected chi connectivity index (χ3v) is 4.04. The Morgan fingerprint density at radius 3 is 2.58 bits per heavy atom. The molecule has 2 aromatic heterocycles. The molecular weight excluding hydrogens is 330 g/mol. The monoisotopic (exact) mass is 345 g/mol. The SMILES string of the molecule is CNc1ncc2c(n1)c(Nc1ccccc1)nc1cc(C(=O)O)ccc12. The number of aromatic carboxylic acids is 1. The topological polar surface area (TPSA) is 100 Å². The molecule has 26 heavy (non-hydrogen) atoms. The van der Waals surface area contributed by atoms with Crippen molar-refractivity contribution in [2.75, 3.05) is 17.7 Å². The highest BCUT2D eigenvalue weighted by Crippen LogP contribution is 2.30. The lowest BCUT2D eigenvalue weighted by atomic mass is 10.1. The van der Waals surface area contributed by atoms with Gasteiger partial charge in [0, 0.05) is 29.7 Å². The molecule has 128 valence electrons. The van der Waals surface area contributed by atoms with Crippen molar-refractivity contribution in [3.8, 4) is 0 Å². The molecule has 0 atom stereocenters. The van der Waals surface area contributed by atoms with E-state index in [-0.39, 0.29) is 5.56 Å². The van der Waals surface area contributed by atoms with Crippen molar-refractivity contribution in [2.45, 2.75) is 0 Å². The molecule has 2 heterocycles. The zero-order chi connectivity index (χ0) is 18.1. The third-order valence-electron chi connectivity index (χ3n) is 4.04. The fraction of sp³-hybridized carbons (Fsp3) is 0.0526. The minimum atomic E-state index is -0.992. The molecular formula is C19H15N5O2. The number of anilines is 3. The molecule has 0 radical (unpaired) electrons. The summed E-state index contributed by atoms with van der Waals surface area (Å²) in [5, 5.41) is 17.0. The molecule has 0 bridgehead atoms. The summed E-state index contributed by atoms with van der Waals surface area (Å²) in [7, 11) is 1.75. The first-order chi connectivity index (χ1) is 12.7. The van der Waals surface area contributed by atoms with Gasteiger partial charge in [0.2, 0.25) is 5.95 Å². The summed E-state index contributed by atoms with van der Waals surface area (Å²) in [6.07, 6.45) is 1.72. The molecule has 4 rings (SSSR count). The summed E-state index contributed by atoms with van der Waals surface area (Å²) >= 11 is 0. The Labute approximate surface area is 148 Å². The minimum absolute atomic E-state index is 0.183. The van der Waals surface area contributed by atoms with Gasteiger partial charge in [-0.25, -0.2) is 19.7 Å². The van der Waals surface area contributed by atoms with Gasteiger partial charge in [-0.15, -0.1) is 0 Å². The van der Waals surface area contributed by atoms with Crippen LogP contribution in [0, 0.1) is 0 Å². The van der Waals surface area contributed by atoms with E-state index in [1.165, 1.54) is 0 Å². The van der Waals surface area contributed by atoms with Gasteiger partial charge in [-0.2, -0.15) is 0 Å². The number of carboxylic acids is 1. The zero-order valence-electron chi connectivity index (χ0n) is 13.9. The molecule has 7 heteroatoms. The van der Waals surface area contributed by atoms with E-state index >= 15 is 0 Å². The summed E-state index contributed by atoms with van der Waals surface area (Å²) < 4.78 is 0. The summed E-state index contributed by atoms with van der Waals surface area (Å²) in [4.78, 5) is 24.7. The van der Waals surface area contributed by atoms with Crippen LogP contribution >= 0.6 is 0 Å². The van der Waals surface area contributed by atoms with Crippen molar-refractivity contribution in [3.05, 3.63) is 60.3 Å². The van der Waals surface area contributed by atoms with E-state index in [1.807, 2.05) is 30.3 Å². The fourth-order valence-corrected chi connectivity index (χ4v) is 2.78. The predicted octanol–water partition coefficient (Wildman–Crippen LogP) is 3.66. The molecule has 4 aromatic rings. The first-order valence-corrected chi connectivity index (χ1v) is 7.99. The van der Waals surface area contributed by atoms with E-state index in [1.54, 1.807) is 31.4 Å². The van der Waals surface area contributed by atoms with Crippen LogP contribution in [0.4, 0.5) is 17.5 Å². The van der Waals surface area contributed by atoms with Gasteiger partial charge in [-0.1, -0.05) is 24.3 Å². The maximum absolute atomic E-state index is 11.3. The quantitative estimate of drug-likeness (QED) is 0.485. The van der Waals surface area contributed by atoms with Gasteiger partial charge in [0.25, 0.3) is 0 Å². The van der Waals surface area contributed by atoms with Crippen LogP contribution in [0.25, 0.3) is 21.8 Å². The number of carbonyl (C=O) groups is 1. The molecule has 7 nitrogen and oxygen atoms in total. The highest BCUT2D eigenvalue weighted by Gasteiger charge is 2.13. The van der Waals surface area contributed by atoms with Crippen LogP contribution in [0.1, 0.15) is 10.4 Å². The first kappa shape index (κ1) is 15.8. The molecule has 2 aromatic carbocycles. The number of nitrogens with zero attached hydrogens (tertiary/aromatic N) is 3. The Bertz CT molecular complexity index is 1130. The smallest absolute Gasteiger partial charge is 0.335 e. The molecule has 3 N–H and O–H groups in total. The van der Waals surface area contributed by atoms with Crippen LogP contribution in [0.5, 0.6) is 0 Å². The summed E-state index contributed by atoms with van der Waals surface area (Å²) in [6, 6.07) is 14.5. The molecule has 0 aliphatic heterocycles. The Morgan fingerprint density at radius 2 is 1.85 bits per heavy atom. The van der Waals surface area contributed by atoms with E-state index in [0.717, 1.165) is 16.5 Å². The highest BCUT2D eigenvalue weighted by atomic mass is 16.4. The minimum Gasteiger partial charge on any atom is -0.478 e. The maximum Gasteiger partial charge on any atom is 0.335 e. The number of fused-ring (bicyclic) bond motifs is 3. The standard InChI is InChI=1S/C19H15N5O2/c1-20-19-21-10-14-13-8-7-11(18(25)26)9-15(13)23-17(16(14)24-19)22-12-5-3-2-4-6-12/h2-10H,1H3,(H,22,23)(H,25,26)(H,20,21,24). The van der Waals surface area contributed by atoms with E-state index < -0.39 is 5.97 Å². The fourth-order valence-electron chi connectivity index (χ4n) is 2.78. The van der Waals surface area contributed by atoms with Gasteiger partial charge < -0.3 is 15.7 Å². The average molecular weight is 345 g/mol. The lowest BCUT2D eigenvalue weighted by Gasteiger charge is -2.12. The van der Waals surface area contributed by atoms with Crippen LogP contribution in [0.3, 0.4) is 0 Å². The first-order valence-electron chi connectivity index (χ1n) is 7.99. The summed E-state index contributed by atoms with van der Waals surface area (Å²) in [5.41, 5.74) is 2.27. The number of aromatic nitrogens is 3. The Balaban J connectivity index is 1.99. The number of nitrogens with one attached hydrogen (secondary N) is 2. The third kappa shape index (κ3) is 2.75. The zero-order valence-corrected chi connectivity index (χ0v) is 13.9. The number of benzene rings is 2. The number of hydrogen-bond donors (Lipinski definition) is 3. The predicted molar refractivity (Wildman–Crippen MR) is 101 cm³/mol. The summed E-state index contributed by atoms with van der Waals surface area (Å²) in [6.45, 7) is 0. The average Bonchev–Trinajstić information content (AvgIpc) is 2.68. The normalized spacial score (nSPS) is 10.8. The van der Waals surface area contributed by atoms with Crippen molar-refractivity contribution in [1.82, 2.24) is 15.0 Å². The number of rotatable bonds is 4. The molecule has 0 unspecified atom stereocenters. The Hall–Kier alpha value is -3.74. The second-order valence-electron chi connectivity index (χ2n) is 5.69. The van der Waals surface area contributed by atoms with E-state index in [2.05, 4.69) is 25.6 Å². The van der Waals surface area contributed by atoms with E-state index in [0.29, 0.717) is 22.8 Å². The molecule has 0 saturated carbocycles. The Kier molecular flexibility index (Phi) is 3.81. The number of hydrogen-bond acceptors (Lipinski definition) is 6. The molecule has 0 fully saturated rings. The molecule has 0 saturated heterocycles. The molecule has 0 aliphatic rings. The largest absolute Gasteiger partial charge is 0.478 e. The van der Waals surface area contributed by atoms with Crippen molar-refractivity contribution < 1.29 is 9.90 Å². The van der Waals surface area contributed by atoms with Crippen LogP contribution in [-0.2, 0) is 0 Å². The molecule has 0 amide bonds. The lowest BCUT2D eigenvalue weighted by Crippen LogP contribution is -2.02. The second kappa shape index (κ2) is 6.29. The van der Waals surface area contributed by atoms with Crippen molar-refractivity contribution >= 4 is 45.2 Å². The van der Waals surface area contributed by atoms with Gasteiger partial charge in [0.05, 0.1) is 11.1 Å². The van der Waals surface area contributed by atoms with E-state index in [4.69, 9.17) is 0 Å². The second-order valence-corrected chi connectivity index (χ2v) is 5.69. The molecule has 0 spiro atoms. The lowest BCUT2D eigenvalue weighted by molar-refractivity contribution is 0.0697. The number of pyridine rings is 1. The molecule has 0 aliphatic carbocycles. The van der Waals surface area contributed by atoms with Crippen molar-refractivity contribution in [3.63, 3.8) is 0 Å².